The molecule has 0 radical (unpaired) electrons. The summed E-state index contributed by atoms with van der Waals surface area (Å²) < 4.78 is 10.4. The maximum atomic E-state index is 5.19. The van der Waals surface area contributed by atoms with Crippen molar-refractivity contribution in [3.8, 4) is 23.3 Å². The second-order valence-corrected chi connectivity index (χ2v) is 3.86. The fraction of sp³-hybridized carbons (Fsp3) is 0.467. The van der Waals surface area contributed by atoms with E-state index < -0.39 is 0 Å². The lowest BCUT2D eigenvalue weighted by Gasteiger charge is -2.04. The molecule has 0 aromatic heterocycles. The number of benzene rings is 1. The maximum absolute atomic E-state index is 5.19. The van der Waals surface area contributed by atoms with Crippen molar-refractivity contribution >= 4 is 0 Å². The van der Waals surface area contributed by atoms with E-state index in [0.717, 1.165) is 23.5 Å². The van der Waals surface area contributed by atoms with Crippen molar-refractivity contribution in [2.24, 2.45) is 0 Å². The molecule has 0 amide bonds. The highest BCUT2D eigenvalue weighted by Crippen LogP contribution is 2.21. The van der Waals surface area contributed by atoms with Crippen LogP contribution in [-0.4, -0.2) is 14.2 Å². The predicted octanol–water partition coefficient (Wildman–Crippen LogP) is 3.64. The lowest BCUT2D eigenvalue weighted by molar-refractivity contribution is 0.394. The fourth-order valence-corrected chi connectivity index (χ4v) is 1.51. The number of hydrogen-bond donors (Lipinski definition) is 0. The van der Waals surface area contributed by atoms with Gasteiger partial charge in [0.05, 0.1) is 14.2 Å². The van der Waals surface area contributed by atoms with E-state index in [1.807, 2.05) is 18.2 Å². The van der Waals surface area contributed by atoms with E-state index in [1.165, 1.54) is 19.3 Å². The molecule has 0 heterocycles. The number of hydrogen-bond acceptors (Lipinski definition) is 2. The van der Waals surface area contributed by atoms with E-state index >= 15 is 0 Å². The summed E-state index contributed by atoms with van der Waals surface area (Å²) in [5.41, 5.74) is 0.942. The first-order chi connectivity index (χ1) is 8.30. The average molecular weight is 232 g/mol. The van der Waals surface area contributed by atoms with Crippen LogP contribution in [-0.2, 0) is 0 Å². The Kier molecular flexibility index (Phi) is 6.03. The summed E-state index contributed by atoms with van der Waals surface area (Å²) in [5.74, 6) is 7.88. The van der Waals surface area contributed by atoms with Crippen LogP contribution in [0.4, 0.5) is 0 Å². The van der Waals surface area contributed by atoms with Gasteiger partial charge in [-0.25, -0.2) is 0 Å². The predicted molar refractivity (Wildman–Crippen MR) is 70.6 cm³/mol. The van der Waals surface area contributed by atoms with Gasteiger partial charge >= 0.3 is 0 Å². The van der Waals surface area contributed by atoms with Crippen molar-refractivity contribution in [2.75, 3.05) is 14.2 Å². The SMILES string of the molecule is CCCCCC#Cc1cc(OC)cc(OC)c1. The first-order valence-electron chi connectivity index (χ1n) is 6.02. The van der Waals surface area contributed by atoms with Gasteiger partial charge in [-0.15, -0.1) is 0 Å². The second-order valence-electron chi connectivity index (χ2n) is 3.86. The van der Waals surface area contributed by atoms with E-state index in [2.05, 4.69) is 18.8 Å². The lowest BCUT2D eigenvalue weighted by atomic mass is 10.1. The molecule has 0 aliphatic heterocycles. The molecule has 0 fully saturated rings. The molecular weight excluding hydrogens is 212 g/mol. The summed E-state index contributed by atoms with van der Waals surface area (Å²) in [4.78, 5) is 0. The minimum absolute atomic E-state index is 0.780. The van der Waals surface area contributed by atoms with Gasteiger partial charge in [0.15, 0.2) is 0 Å². The smallest absolute Gasteiger partial charge is 0.123 e. The zero-order valence-electron chi connectivity index (χ0n) is 10.9. The van der Waals surface area contributed by atoms with E-state index in [9.17, 15) is 0 Å². The average Bonchev–Trinajstić information content (AvgIpc) is 2.38. The van der Waals surface area contributed by atoms with E-state index in [1.54, 1.807) is 14.2 Å². The normalized spacial score (nSPS) is 9.35. The van der Waals surface area contributed by atoms with Gasteiger partial charge in [0.2, 0.25) is 0 Å². The minimum Gasteiger partial charge on any atom is -0.497 e. The van der Waals surface area contributed by atoms with Gasteiger partial charge in [0.1, 0.15) is 11.5 Å². The molecule has 0 aliphatic rings. The Morgan fingerprint density at radius 2 is 1.65 bits per heavy atom. The maximum Gasteiger partial charge on any atom is 0.123 e. The number of methoxy groups -OCH3 is 2. The van der Waals surface area contributed by atoms with Gasteiger partial charge < -0.3 is 9.47 Å². The van der Waals surface area contributed by atoms with Gasteiger partial charge in [-0.2, -0.15) is 0 Å². The van der Waals surface area contributed by atoms with Crippen LogP contribution >= 0.6 is 0 Å². The molecule has 1 rings (SSSR count). The minimum atomic E-state index is 0.780. The highest BCUT2D eigenvalue weighted by molar-refractivity contribution is 5.46. The highest BCUT2D eigenvalue weighted by atomic mass is 16.5. The molecule has 1 aromatic rings. The third-order valence-electron chi connectivity index (χ3n) is 2.49. The molecule has 2 nitrogen and oxygen atoms in total. The summed E-state index contributed by atoms with van der Waals surface area (Å²) in [6.07, 6.45) is 4.60. The number of unbranched alkanes of at least 4 members (excludes halogenated alkanes) is 3. The molecule has 0 saturated carbocycles. The quantitative estimate of drug-likeness (QED) is 0.570. The van der Waals surface area contributed by atoms with Crippen LogP contribution in [0, 0.1) is 11.8 Å². The molecule has 0 spiro atoms. The van der Waals surface area contributed by atoms with Gasteiger partial charge in [-0.05, 0) is 18.6 Å². The van der Waals surface area contributed by atoms with Crippen molar-refractivity contribution in [2.45, 2.75) is 32.6 Å². The summed E-state index contributed by atoms with van der Waals surface area (Å²) in [5, 5.41) is 0. The zero-order valence-corrected chi connectivity index (χ0v) is 10.9. The van der Waals surface area contributed by atoms with Gasteiger partial charge in [0.25, 0.3) is 0 Å². The summed E-state index contributed by atoms with van der Waals surface area (Å²) >= 11 is 0. The Hall–Kier alpha value is -1.62. The van der Waals surface area contributed by atoms with Crippen LogP contribution in [0.5, 0.6) is 11.5 Å². The molecule has 1 aromatic carbocycles. The topological polar surface area (TPSA) is 18.5 Å². The van der Waals surface area contributed by atoms with Crippen molar-refractivity contribution in [3.05, 3.63) is 23.8 Å². The molecule has 0 N–H and O–H groups in total. The molecule has 0 atom stereocenters. The second kappa shape index (κ2) is 7.62. The largest absolute Gasteiger partial charge is 0.497 e. The monoisotopic (exact) mass is 232 g/mol. The standard InChI is InChI=1S/C15H20O2/c1-4-5-6-7-8-9-13-10-14(16-2)12-15(11-13)17-3/h10-12H,4-7H2,1-3H3. The van der Waals surface area contributed by atoms with Crippen LogP contribution in [0.15, 0.2) is 18.2 Å². The number of ether oxygens (including phenoxy) is 2. The summed E-state index contributed by atoms with van der Waals surface area (Å²) in [7, 11) is 3.29. The molecule has 0 unspecified atom stereocenters. The Morgan fingerprint density at radius 1 is 1.00 bits per heavy atom. The van der Waals surface area contributed by atoms with Crippen molar-refractivity contribution in [1.82, 2.24) is 0 Å². The lowest BCUT2D eigenvalue weighted by Crippen LogP contribution is -1.88. The third kappa shape index (κ3) is 4.82. The van der Waals surface area contributed by atoms with Gasteiger partial charge in [0, 0.05) is 18.1 Å². The molecule has 0 bridgehead atoms. The van der Waals surface area contributed by atoms with Crippen LogP contribution in [0.25, 0.3) is 0 Å². The third-order valence-corrected chi connectivity index (χ3v) is 2.49. The van der Waals surface area contributed by atoms with E-state index in [4.69, 9.17) is 9.47 Å². The molecule has 0 saturated heterocycles. The van der Waals surface area contributed by atoms with E-state index in [-0.39, 0.29) is 0 Å². The Morgan fingerprint density at radius 3 is 2.18 bits per heavy atom. The van der Waals surface area contributed by atoms with Crippen molar-refractivity contribution in [3.63, 3.8) is 0 Å². The Balaban J connectivity index is 2.69. The van der Waals surface area contributed by atoms with Crippen molar-refractivity contribution < 1.29 is 9.47 Å². The highest BCUT2D eigenvalue weighted by Gasteiger charge is 1.98. The van der Waals surface area contributed by atoms with E-state index in [0.29, 0.717) is 0 Å². The molecule has 92 valence electrons. The van der Waals surface area contributed by atoms with Crippen LogP contribution < -0.4 is 9.47 Å². The van der Waals surface area contributed by atoms with Crippen LogP contribution in [0.2, 0.25) is 0 Å². The Bertz CT molecular complexity index is 377. The summed E-state index contributed by atoms with van der Waals surface area (Å²) in [6.45, 7) is 2.19. The van der Waals surface area contributed by atoms with Gasteiger partial charge in [-0.1, -0.05) is 31.6 Å². The molecule has 0 aliphatic carbocycles. The van der Waals surface area contributed by atoms with Crippen LogP contribution in [0.1, 0.15) is 38.2 Å². The zero-order chi connectivity index (χ0) is 12.5. The molecule has 17 heavy (non-hydrogen) atoms. The van der Waals surface area contributed by atoms with Gasteiger partial charge in [-0.3, -0.25) is 0 Å². The van der Waals surface area contributed by atoms with Crippen molar-refractivity contribution in [1.29, 1.82) is 0 Å². The molecular formula is C15H20O2. The Labute approximate surface area is 104 Å². The fourth-order valence-electron chi connectivity index (χ4n) is 1.51. The first-order valence-corrected chi connectivity index (χ1v) is 6.02. The molecule has 2 heteroatoms. The van der Waals surface area contributed by atoms with Crippen LogP contribution in [0.3, 0.4) is 0 Å². The summed E-state index contributed by atoms with van der Waals surface area (Å²) in [6, 6.07) is 5.70. The number of rotatable bonds is 5. The first kappa shape index (κ1) is 13.4.